The number of urea groups is 1. The van der Waals surface area contributed by atoms with Crippen molar-refractivity contribution in [3.05, 3.63) is 29.8 Å². The van der Waals surface area contributed by atoms with Crippen molar-refractivity contribution in [1.29, 1.82) is 0 Å². The fraction of sp³-hybridized carbons (Fsp3) is 0.611. The van der Waals surface area contributed by atoms with Crippen molar-refractivity contribution in [2.45, 2.75) is 53.0 Å². The predicted octanol–water partition coefficient (Wildman–Crippen LogP) is 4.43. The molecule has 0 aromatic heterocycles. The van der Waals surface area contributed by atoms with Gasteiger partial charge in [0.25, 0.3) is 0 Å². The van der Waals surface area contributed by atoms with E-state index in [9.17, 15) is 4.79 Å². The lowest BCUT2D eigenvalue weighted by molar-refractivity contribution is 0.130. The molecule has 1 heterocycles. The Bertz CT molecular complexity index is 566. The highest BCUT2D eigenvalue weighted by Gasteiger charge is 2.50. The molecule has 2 bridgehead atoms. The van der Waals surface area contributed by atoms with E-state index in [1.165, 1.54) is 12.0 Å². The van der Waals surface area contributed by atoms with E-state index in [0.29, 0.717) is 11.5 Å². The van der Waals surface area contributed by atoms with Gasteiger partial charge in [-0.15, -0.1) is 0 Å². The van der Waals surface area contributed by atoms with E-state index >= 15 is 0 Å². The molecule has 2 aliphatic rings. The van der Waals surface area contributed by atoms with E-state index < -0.39 is 0 Å². The largest absolute Gasteiger partial charge is 0.322 e. The molecule has 114 valence electrons. The molecule has 0 spiro atoms. The van der Waals surface area contributed by atoms with Crippen LogP contribution >= 0.6 is 0 Å². The molecular formula is C18H26N2O. The highest BCUT2D eigenvalue weighted by atomic mass is 16.2. The molecule has 1 aromatic carbocycles. The maximum Gasteiger partial charge on any atom is 0.322 e. The highest BCUT2D eigenvalue weighted by Crippen LogP contribution is 2.52. The van der Waals surface area contributed by atoms with E-state index in [-0.39, 0.29) is 11.4 Å². The summed E-state index contributed by atoms with van der Waals surface area (Å²) in [6.45, 7) is 9.93. The van der Waals surface area contributed by atoms with E-state index in [1.54, 1.807) is 0 Å². The van der Waals surface area contributed by atoms with Crippen LogP contribution in [-0.4, -0.2) is 23.5 Å². The molecule has 1 aromatic rings. The lowest BCUT2D eigenvalue weighted by Gasteiger charge is -2.39. The molecule has 1 aliphatic carbocycles. The van der Waals surface area contributed by atoms with Crippen molar-refractivity contribution in [2.24, 2.45) is 10.8 Å². The number of fused-ring (bicyclic) bond motifs is 2. The second-order valence-corrected chi connectivity index (χ2v) is 8.14. The first kappa shape index (κ1) is 14.4. The second kappa shape index (κ2) is 4.75. The number of rotatable bonds is 1. The minimum atomic E-state index is 0.0621. The molecule has 21 heavy (non-hydrogen) atoms. The highest BCUT2D eigenvalue weighted by molar-refractivity contribution is 5.90. The summed E-state index contributed by atoms with van der Waals surface area (Å²) in [5.41, 5.74) is 2.69. The number of amides is 2. The Hall–Kier alpha value is -1.51. The van der Waals surface area contributed by atoms with Crippen LogP contribution in [-0.2, 0) is 0 Å². The van der Waals surface area contributed by atoms with Crippen molar-refractivity contribution in [2.75, 3.05) is 11.9 Å². The number of nitrogens with zero attached hydrogens (tertiary/aromatic N) is 1. The lowest BCUT2D eigenvalue weighted by Crippen LogP contribution is -2.40. The number of hydrogen-bond donors (Lipinski definition) is 1. The number of carbonyl (C=O) groups is 1. The third-order valence-electron chi connectivity index (χ3n) is 4.95. The zero-order valence-electron chi connectivity index (χ0n) is 13.6. The van der Waals surface area contributed by atoms with E-state index in [0.717, 1.165) is 25.1 Å². The molecular weight excluding hydrogens is 260 g/mol. The Kier molecular flexibility index (Phi) is 3.27. The van der Waals surface area contributed by atoms with Crippen LogP contribution in [0.25, 0.3) is 0 Å². The van der Waals surface area contributed by atoms with E-state index in [4.69, 9.17) is 0 Å². The maximum atomic E-state index is 12.6. The van der Waals surface area contributed by atoms with Gasteiger partial charge in [-0.05, 0) is 54.7 Å². The summed E-state index contributed by atoms with van der Waals surface area (Å²) in [6, 6.07) is 8.46. The molecule has 2 unspecified atom stereocenters. The number of anilines is 1. The van der Waals surface area contributed by atoms with Crippen molar-refractivity contribution < 1.29 is 4.79 Å². The average Bonchev–Trinajstić information content (AvgIpc) is 2.58. The first-order valence-electron chi connectivity index (χ1n) is 7.91. The number of nitrogens with one attached hydrogen (secondary N) is 1. The summed E-state index contributed by atoms with van der Waals surface area (Å²) in [5.74, 6) is 0. The SMILES string of the molecule is Cc1cccc(NC(=O)N2CC3(C)CC2CC(C)(C)C3)c1. The normalized spacial score (nSPS) is 30.3. The van der Waals surface area contributed by atoms with Crippen LogP contribution in [0.5, 0.6) is 0 Å². The Morgan fingerprint density at radius 2 is 2.05 bits per heavy atom. The molecule has 3 nitrogen and oxygen atoms in total. The van der Waals surface area contributed by atoms with Gasteiger partial charge in [0.1, 0.15) is 0 Å². The summed E-state index contributed by atoms with van der Waals surface area (Å²) in [5, 5.41) is 3.07. The lowest BCUT2D eigenvalue weighted by atomic mass is 9.65. The van der Waals surface area contributed by atoms with Gasteiger partial charge in [-0.2, -0.15) is 0 Å². The summed E-state index contributed by atoms with van der Waals surface area (Å²) in [7, 11) is 0. The van der Waals surface area contributed by atoms with Gasteiger partial charge in [0.2, 0.25) is 0 Å². The summed E-state index contributed by atoms with van der Waals surface area (Å²) < 4.78 is 0. The smallest absolute Gasteiger partial charge is 0.321 e. The first-order chi connectivity index (χ1) is 9.76. The summed E-state index contributed by atoms with van der Waals surface area (Å²) >= 11 is 0. The molecule has 1 saturated heterocycles. The van der Waals surface area contributed by atoms with Crippen LogP contribution in [0, 0.1) is 17.8 Å². The van der Waals surface area contributed by atoms with Gasteiger partial charge in [-0.1, -0.05) is 32.9 Å². The van der Waals surface area contributed by atoms with Crippen molar-refractivity contribution in [3.8, 4) is 0 Å². The number of carbonyl (C=O) groups excluding carboxylic acids is 1. The van der Waals surface area contributed by atoms with Crippen LogP contribution in [0.3, 0.4) is 0 Å². The minimum absolute atomic E-state index is 0.0621. The fourth-order valence-electron chi connectivity index (χ4n) is 4.62. The fourth-order valence-corrected chi connectivity index (χ4v) is 4.62. The van der Waals surface area contributed by atoms with Crippen molar-refractivity contribution >= 4 is 11.7 Å². The number of hydrogen-bond acceptors (Lipinski definition) is 1. The topological polar surface area (TPSA) is 32.3 Å². The molecule has 3 rings (SSSR count). The number of aryl methyl sites for hydroxylation is 1. The Balaban J connectivity index is 1.74. The third kappa shape index (κ3) is 2.92. The van der Waals surface area contributed by atoms with E-state index in [2.05, 4.69) is 31.0 Å². The molecule has 0 radical (unpaired) electrons. The summed E-state index contributed by atoms with van der Waals surface area (Å²) in [4.78, 5) is 14.7. The number of likely N-dealkylation sites (tertiary alicyclic amines) is 1. The monoisotopic (exact) mass is 286 g/mol. The van der Waals surface area contributed by atoms with Gasteiger partial charge < -0.3 is 10.2 Å². The van der Waals surface area contributed by atoms with E-state index in [1.807, 2.05) is 31.2 Å². The number of benzene rings is 1. The van der Waals surface area contributed by atoms with Gasteiger partial charge in [-0.3, -0.25) is 0 Å². The second-order valence-electron chi connectivity index (χ2n) is 8.14. The van der Waals surface area contributed by atoms with Gasteiger partial charge in [-0.25, -0.2) is 4.79 Å². The van der Waals surface area contributed by atoms with Crippen molar-refractivity contribution in [1.82, 2.24) is 4.90 Å². The molecule has 2 amide bonds. The molecule has 3 heteroatoms. The minimum Gasteiger partial charge on any atom is -0.321 e. The zero-order chi connectivity index (χ0) is 15.3. The third-order valence-corrected chi connectivity index (χ3v) is 4.95. The van der Waals surface area contributed by atoms with Crippen LogP contribution < -0.4 is 5.32 Å². The van der Waals surface area contributed by atoms with Crippen LogP contribution in [0.2, 0.25) is 0 Å². The average molecular weight is 286 g/mol. The van der Waals surface area contributed by atoms with Crippen molar-refractivity contribution in [3.63, 3.8) is 0 Å². The summed E-state index contributed by atoms with van der Waals surface area (Å²) in [6.07, 6.45) is 3.48. The molecule has 1 N–H and O–H groups in total. The Morgan fingerprint density at radius 3 is 2.76 bits per heavy atom. The van der Waals surface area contributed by atoms with Gasteiger partial charge >= 0.3 is 6.03 Å². The maximum absolute atomic E-state index is 12.6. The molecule has 2 atom stereocenters. The predicted molar refractivity (Wildman–Crippen MR) is 86.4 cm³/mol. The first-order valence-corrected chi connectivity index (χ1v) is 7.91. The molecule has 1 saturated carbocycles. The molecule has 2 fully saturated rings. The van der Waals surface area contributed by atoms with Crippen LogP contribution in [0.4, 0.5) is 10.5 Å². The Morgan fingerprint density at radius 1 is 1.29 bits per heavy atom. The Labute approximate surface area is 127 Å². The standard InChI is InChI=1S/C18H26N2O/c1-13-6-5-7-14(8-13)19-16(21)20-12-18(4)10-15(20)9-17(2,3)11-18/h5-8,15H,9-12H2,1-4H3,(H,19,21). The molecule has 1 aliphatic heterocycles. The van der Waals surface area contributed by atoms with Gasteiger partial charge in [0, 0.05) is 18.3 Å². The van der Waals surface area contributed by atoms with Gasteiger partial charge in [0.15, 0.2) is 0 Å². The van der Waals surface area contributed by atoms with Crippen LogP contribution in [0.1, 0.15) is 45.6 Å². The zero-order valence-corrected chi connectivity index (χ0v) is 13.6. The van der Waals surface area contributed by atoms with Gasteiger partial charge in [0.05, 0.1) is 0 Å². The van der Waals surface area contributed by atoms with Crippen LogP contribution in [0.15, 0.2) is 24.3 Å². The quantitative estimate of drug-likeness (QED) is 0.814.